The third kappa shape index (κ3) is 11.1. The number of carbonyl (C=O) groups excluding carboxylic acids is 6. The fourth-order valence-electron chi connectivity index (χ4n) is 6.24. The van der Waals surface area contributed by atoms with Crippen LogP contribution in [0, 0.1) is 0 Å². The molecule has 0 heterocycles. The fraction of sp³-hybridized carbons (Fsp3) is 0. The molecule has 0 aliphatic rings. The number of carbonyl (C=O) groups is 7. The molecule has 0 aliphatic heterocycles. The third-order valence-electron chi connectivity index (χ3n) is 9.26. The van der Waals surface area contributed by atoms with Gasteiger partial charge >= 0.3 is 5.97 Å². The molecule has 7 rings (SSSR count). The Bertz CT molecular complexity index is 2540. The molecule has 14 nitrogen and oxygen atoms in total. The van der Waals surface area contributed by atoms with Gasteiger partial charge in [-0.3, -0.25) is 28.8 Å². The standard InChI is InChI=1S/C49H36N6O8/c56-43(50-37-13-5-1-6-14-37)30-21-31(44(57)51-38-15-7-2-8-16-38)24-34(23-30)47(60)54-41-27-36(49(62)63)28-42(29-41)55-48(61)35-25-32(45(58)52-39-17-9-3-10-18-39)22-33(26-35)46(59)53-40-19-11-4-12-20-40/h1-29H,(H,50,56)(H,51,57)(H,52,58)(H,53,59)(H,54,60)(H,55,61)(H,62,63). The average Bonchev–Trinajstić information content (AvgIpc) is 3.29. The van der Waals surface area contributed by atoms with Gasteiger partial charge in [-0.25, -0.2) is 4.79 Å². The molecule has 6 amide bonds. The first-order chi connectivity index (χ1) is 30.5. The summed E-state index contributed by atoms with van der Waals surface area (Å²) in [6.07, 6.45) is 0. The molecule has 7 aromatic rings. The first kappa shape index (κ1) is 42.0. The van der Waals surface area contributed by atoms with Crippen molar-refractivity contribution < 1.29 is 38.7 Å². The number of anilines is 6. The van der Waals surface area contributed by atoms with Gasteiger partial charge in [-0.15, -0.1) is 0 Å². The molecular formula is C49H36N6O8. The number of nitrogens with one attached hydrogen (secondary N) is 6. The average molecular weight is 837 g/mol. The van der Waals surface area contributed by atoms with Crippen molar-refractivity contribution in [2.24, 2.45) is 0 Å². The summed E-state index contributed by atoms with van der Waals surface area (Å²) in [5, 5.41) is 26.2. The third-order valence-corrected chi connectivity index (χ3v) is 9.26. The molecule has 0 saturated carbocycles. The number of aromatic carboxylic acids is 1. The van der Waals surface area contributed by atoms with Crippen molar-refractivity contribution in [1.82, 2.24) is 0 Å². The molecule has 0 unspecified atom stereocenters. The van der Waals surface area contributed by atoms with Crippen LogP contribution in [0.1, 0.15) is 72.5 Å². The second kappa shape index (κ2) is 19.3. The first-order valence-electron chi connectivity index (χ1n) is 19.2. The van der Waals surface area contributed by atoms with Gasteiger partial charge in [0.15, 0.2) is 0 Å². The minimum atomic E-state index is -1.39. The van der Waals surface area contributed by atoms with Crippen LogP contribution >= 0.6 is 0 Å². The summed E-state index contributed by atoms with van der Waals surface area (Å²) in [4.78, 5) is 93.8. The van der Waals surface area contributed by atoms with Crippen LogP contribution in [-0.4, -0.2) is 46.5 Å². The van der Waals surface area contributed by atoms with Gasteiger partial charge < -0.3 is 37.0 Å². The fourth-order valence-corrected chi connectivity index (χ4v) is 6.24. The van der Waals surface area contributed by atoms with Crippen LogP contribution in [0.4, 0.5) is 34.1 Å². The number of para-hydroxylation sites is 4. The van der Waals surface area contributed by atoms with Crippen molar-refractivity contribution in [3.8, 4) is 0 Å². The lowest BCUT2D eigenvalue weighted by molar-refractivity contribution is 0.0695. The van der Waals surface area contributed by atoms with Crippen LogP contribution < -0.4 is 31.9 Å². The summed E-state index contributed by atoms with van der Waals surface area (Å²) >= 11 is 0. The maximum Gasteiger partial charge on any atom is 0.335 e. The lowest BCUT2D eigenvalue weighted by Crippen LogP contribution is -2.20. The normalized spacial score (nSPS) is 10.4. The minimum absolute atomic E-state index is 0.0200. The van der Waals surface area contributed by atoms with E-state index in [1.807, 2.05) is 0 Å². The predicted molar refractivity (Wildman–Crippen MR) is 240 cm³/mol. The topological polar surface area (TPSA) is 212 Å². The molecule has 7 aromatic carbocycles. The highest BCUT2D eigenvalue weighted by atomic mass is 16.4. The van der Waals surface area contributed by atoms with Crippen molar-refractivity contribution in [2.45, 2.75) is 0 Å². The molecule has 0 radical (unpaired) electrons. The van der Waals surface area contributed by atoms with Gasteiger partial charge in [0.2, 0.25) is 0 Å². The van der Waals surface area contributed by atoms with E-state index in [0.29, 0.717) is 22.7 Å². The SMILES string of the molecule is O=C(O)c1cc(NC(=O)c2cc(C(=O)Nc3ccccc3)cc(C(=O)Nc3ccccc3)c2)cc(NC(=O)c2cc(C(=O)Nc3ccccc3)cc(C(=O)Nc3ccccc3)c2)c1. The molecule has 0 spiro atoms. The second-order valence-corrected chi connectivity index (χ2v) is 13.9. The molecule has 0 bridgehead atoms. The zero-order valence-corrected chi connectivity index (χ0v) is 33.0. The first-order valence-corrected chi connectivity index (χ1v) is 19.2. The molecule has 14 heteroatoms. The lowest BCUT2D eigenvalue weighted by Gasteiger charge is -2.14. The number of carboxylic acid groups (broad SMARTS) is 1. The van der Waals surface area contributed by atoms with Gasteiger partial charge in [-0.2, -0.15) is 0 Å². The van der Waals surface area contributed by atoms with E-state index < -0.39 is 41.4 Å². The van der Waals surface area contributed by atoms with Crippen LogP contribution in [-0.2, 0) is 0 Å². The van der Waals surface area contributed by atoms with E-state index in [-0.39, 0.29) is 50.3 Å². The smallest absolute Gasteiger partial charge is 0.335 e. The Morgan fingerprint density at radius 1 is 0.254 bits per heavy atom. The highest BCUT2D eigenvalue weighted by Gasteiger charge is 2.21. The van der Waals surface area contributed by atoms with Gasteiger partial charge in [0.05, 0.1) is 5.56 Å². The van der Waals surface area contributed by atoms with Gasteiger partial charge in [0.25, 0.3) is 35.4 Å². The van der Waals surface area contributed by atoms with Crippen molar-refractivity contribution in [3.05, 3.63) is 215 Å². The predicted octanol–water partition coefficient (Wildman–Crippen LogP) is 8.90. The Morgan fingerprint density at radius 3 is 0.667 bits per heavy atom. The summed E-state index contributed by atoms with van der Waals surface area (Å²) in [6, 6.07) is 45.7. The van der Waals surface area contributed by atoms with Crippen molar-refractivity contribution in [2.75, 3.05) is 31.9 Å². The van der Waals surface area contributed by atoms with Crippen LogP contribution in [0.25, 0.3) is 0 Å². The largest absolute Gasteiger partial charge is 0.478 e. The van der Waals surface area contributed by atoms with Gasteiger partial charge in [-0.05, 0) is 103 Å². The van der Waals surface area contributed by atoms with E-state index in [9.17, 15) is 38.7 Å². The maximum absolute atomic E-state index is 13.9. The summed E-state index contributed by atoms with van der Waals surface area (Å²) in [6.45, 7) is 0. The van der Waals surface area contributed by atoms with Crippen molar-refractivity contribution in [1.29, 1.82) is 0 Å². The zero-order chi connectivity index (χ0) is 44.3. The van der Waals surface area contributed by atoms with Crippen molar-refractivity contribution >= 4 is 75.5 Å². The number of amides is 6. The molecule has 0 saturated heterocycles. The van der Waals surface area contributed by atoms with E-state index >= 15 is 0 Å². The van der Waals surface area contributed by atoms with Crippen LogP contribution in [0.15, 0.2) is 176 Å². The Balaban J connectivity index is 1.17. The molecule has 0 fully saturated rings. The van der Waals surface area contributed by atoms with E-state index in [0.717, 1.165) is 12.1 Å². The minimum Gasteiger partial charge on any atom is -0.478 e. The van der Waals surface area contributed by atoms with Crippen LogP contribution in [0.2, 0.25) is 0 Å². The molecule has 0 aliphatic carbocycles. The zero-order valence-electron chi connectivity index (χ0n) is 33.0. The number of hydrogen-bond donors (Lipinski definition) is 7. The molecule has 310 valence electrons. The Morgan fingerprint density at radius 2 is 0.460 bits per heavy atom. The molecule has 7 N–H and O–H groups in total. The van der Waals surface area contributed by atoms with E-state index in [4.69, 9.17) is 0 Å². The van der Waals surface area contributed by atoms with E-state index in [2.05, 4.69) is 31.9 Å². The van der Waals surface area contributed by atoms with Gasteiger partial charge in [0, 0.05) is 67.5 Å². The quantitative estimate of drug-likeness (QED) is 0.0595. The van der Waals surface area contributed by atoms with E-state index in [1.165, 1.54) is 42.5 Å². The van der Waals surface area contributed by atoms with Gasteiger partial charge in [-0.1, -0.05) is 72.8 Å². The number of carboxylic acids is 1. The maximum atomic E-state index is 13.9. The molecular weight excluding hydrogens is 801 g/mol. The second-order valence-electron chi connectivity index (χ2n) is 13.9. The molecule has 0 aromatic heterocycles. The van der Waals surface area contributed by atoms with Crippen molar-refractivity contribution in [3.63, 3.8) is 0 Å². The highest BCUT2D eigenvalue weighted by Crippen LogP contribution is 2.24. The monoisotopic (exact) mass is 836 g/mol. The van der Waals surface area contributed by atoms with Crippen LogP contribution in [0.3, 0.4) is 0 Å². The summed E-state index contributed by atoms with van der Waals surface area (Å²) in [7, 11) is 0. The highest BCUT2D eigenvalue weighted by molar-refractivity contribution is 6.15. The lowest BCUT2D eigenvalue weighted by atomic mass is 10.0. The number of benzene rings is 7. The summed E-state index contributed by atoms with van der Waals surface area (Å²) in [5.41, 5.74) is 1.13. The number of hydrogen-bond acceptors (Lipinski definition) is 7. The van der Waals surface area contributed by atoms with Crippen LogP contribution in [0.5, 0.6) is 0 Å². The molecule has 0 atom stereocenters. The Kier molecular flexibility index (Phi) is 12.8. The molecule has 63 heavy (non-hydrogen) atoms. The Labute approximate surface area is 360 Å². The Hall–Kier alpha value is -9.17. The summed E-state index contributed by atoms with van der Waals surface area (Å²) < 4.78 is 0. The summed E-state index contributed by atoms with van der Waals surface area (Å²) in [5.74, 6) is -5.45. The number of rotatable bonds is 13. The van der Waals surface area contributed by atoms with E-state index in [1.54, 1.807) is 121 Å². The van der Waals surface area contributed by atoms with Gasteiger partial charge in [0.1, 0.15) is 0 Å².